The number of benzene rings is 1. The maximum absolute atomic E-state index is 12.3. The van der Waals surface area contributed by atoms with Gasteiger partial charge in [0.25, 0.3) is 5.91 Å². The van der Waals surface area contributed by atoms with E-state index in [-0.39, 0.29) is 25.0 Å². The van der Waals surface area contributed by atoms with Crippen molar-refractivity contribution in [2.24, 2.45) is 0 Å². The number of likely N-dealkylation sites (tertiary alicyclic amines) is 1. The predicted octanol–water partition coefficient (Wildman–Crippen LogP) is 2.18. The van der Waals surface area contributed by atoms with Crippen LogP contribution in [0.2, 0.25) is 0 Å². The van der Waals surface area contributed by atoms with Crippen molar-refractivity contribution >= 4 is 17.5 Å². The van der Waals surface area contributed by atoms with Crippen molar-refractivity contribution in [3.05, 3.63) is 24.3 Å². The molecular formula is C20H29N3O3. The fourth-order valence-electron chi connectivity index (χ4n) is 3.85. The minimum Gasteiger partial charge on any atom is -0.482 e. The lowest BCUT2D eigenvalue weighted by molar-refractivity contribution is -0.125. The molecule has 0 aromatic heterocycles. The first-order chi connectivity index (χ1) is 12.7. The Morgan fingerprint density at radius 3 is 3.00 bits per heavy atom. The minimum atomic E-state index is -0.182. The number of anilines is 1. The van der Waals surface area contributed by atoms with E-state index in [0.29, 0.717) is 24.0 Å². The summed E-state index contributed by atoms with van der Waals surface area (Å²) in [5.74, 6) is 0.342. The summed E-state index contributed by atoms with van der Waals surface area (Å²) in [5, 5.41) is 2.95. The Labute approximate surface area is 155 Å². The zero-order valence-electron chi connectivity index (χ0n) is 15.6. The largest absolute Gasteiger partial charge is 0.482 e. The van der Waals surface area contributed by atoms with Gasteiger partial charge in [-0.1, -0.05) is 25.5 Å². The average molecular weight is 359 g/mol. The number of amides is 2. The van der Waals surface area contributed by atoms with Gasteiger partial charge >= 0.3 is 0 Å². The van der Waals surface area contributed by atoms with Crippen molar-refractivity contribution < 1.29 is 14.3 Å². The minimum absolute atomic E-state index is 0.0162. The number of hydrogen-bond donors (Lipinski definition) is 1. The Kier molecular flexibility index (Phi) is 6.50. The topological polar surface area (TPSA) is 61.9 Å². The molecule has 1 aromatic rings. The van der Waals surface area contributed by atoms with Crippen LogP contribution in [0.3, 0.4) is 0 Å². The first kappa shape index (κ1) is 18.7. The molecule has 2 aliphatic heterocycles. The van der Waals surface area contributed by atoms with Gasteiger partial charge in [0.2, 0.25) is 5.91 Å². The molecule has 0 unspecified atom stereocenters. The molecule has 0 radical (unpaired) electrons. The summed E-state index contributed by atoms with van der Waals surface area (Å²) < 4.78 is 5.41. The number of fused-ring (bicyclic) bond motifs is 1. The second-order valence-corrected chi connectivity index (χ2v) is 7.03. The Balaban J connectivity index is 1.44. The summed E-state index contributed by atoms with van der Waals surface area (Å²) in [7, 11) is 0. The number of hydrogen-bond acceptors (Lipinski definition) is 4. The third-order valence-electron chi connectivity index (χ3n) is 5.27. The Morgan fingerprint density at radius 2 is 2.15 bits per heavy atom. The second kappa shape index (κ2) is 9.03. The molecule has 0 aliphatic carbocycles. The maximum atomic E-state index is 12.3. The monoisotopic (exact) mass is 359 g/mol. The summed E-state index contributed by atoms with van der Waals surface area (Å²) in [4.78, 5) is 28.5. The molecule has 1 saturated heterocycles. The van der Waals surface area contributed by atoms with E-state index in [1.165, 1.54) is 37.1 Å². The van der Waals surface area contributed by atoms with Crippen molar-refractivity contribution in [1.29, 1.82) is 0 Å². The molecular weight excluding hydrogens is 330 g/mol. The van der Waals surface area contributed by atoms with E-state index < -0.39 is 0 Å². The van der Waals surface area contributed by atoms with Crippen LogP contribution in [0.5, 0.6) is 5.75 Å². The van der Waals surface area contributed by atoms with Gasteiger partial charge in [0.15, 0.2) is 6.61 Å². The highest BCUT2D eigenvalue weighted by Gasteiger charge is 2.27. The van der Waals surface area contributed by atoms with Gasteiger partial charge in [0, 0.05) is 19.1 Å². The summed E-state index contributed by atoms with van der Waals surface area (Å²) >= 11 is 0. The summed E-state index contributed by atoms with van der Waals surface area (Å²) in [6, 6.07) is 8.02. The molecule has 1 atom stereocenters. The molecule has 142 valence electrons. The first-order valence-corrected chi connectivity index (χ1v) is 9.72. The van der Waals surface area contributed by atoms with Crippen molar-refractivity contribution in [2.75, 3.05) is 37.7 Å². The van der Waals surface area contributed by atoms with E-state index in [1.54, 1.807) is 6.07 Å². The molecule has 26 heavy (non-hydrogen) atoms. The lowest BCUT2D eigenvalue weighted by Gasteiger charge is -2.35. The average Bonchev–Trinajstić information content (AvgIpc) is 2.68. The summed E-state index contributed by atoms with van der Waals surface area (Å²) in [6.45, 7) is 5.12. The molecule has 2 amide bonds. The number of carbonyl (C=O) groups excluding carboxylic acids is 2. The third-order valence-corrected chi connectivity index (χ3v) is 5.27. The predicted molar refractivity (Wildman–Crippen MR) is 101 cm³/mol. The molecule has 1 N–H and O–H groups in total. The van der Waals surface area contributed by atoms with Crippen LogP contribution in [0, 0.1) is 0 Å². The van der Waals surface area contributed by atoms with Crippen molar-refractivity contribution in [2.45, 2.75) is 45.1 Å². The number of ether oxygens (including phenoxy) is 1. The van der Waals surface area contributed by atoms with Crippen LogP contribution < -0.4 is 15.0 Å². The van der Waals surface area contributed by atoms with E-state index in [0.717, 1.165) is 13.0 Å². The lowest BCUT2D eigenvalue weighted by Crippen LogP contribution is -2.45. The maximum Gasteiger partial charge on any atom is 0.265 e. The van der Waals surface area contributed by atoms with Gasteiger partial charge in [-0.15, -0.1) is 0 Å². The zero-order valence-corrected chi connectivity index (χ0v) is 15.6. The van der Waals surface area contributed by atoms with Crippen LogP contribution in [0.4, 0.5) is 5.69 Å². The quantitative estimate of drug-likeness (QED) is 0.758. The van der Waals surface area contributed by atoms with Crippen LogP contribution >= 0.6 is 0 Å². The lowest BCUT2D eigenvalue weighted by atomic mass is 10.00. The SMILES string of the molecule is CC[C@H]1CCCCN1CCCNC(=O)CN1C(=O)COc2ccccc21. The van der Waals surface area contributed by atoms with Gasteiger partial charge < -0.3 is 15.0 Å². The van der Waals surface area contributed by atoms with Crippen LogP contribution in [-0.4, -0.2) is 55.5 Å². The van der Waals surface area contributed by atoms with Crippen LogP contribution in [-0.2, 0) is 9.59 Å². The normalized spacial score (nSPS) is 20.4. The Bertz CT molecular complexity index is 634. The van der Waals surface area contributed by atoms with Crippen molar-refractivity contribution in [3.63, 3.8) is 0 Å². The fourth-order valence-corrected chi connectivity index (χ4v) is 3.85. The van der Waals surface area contributed by atoms with E-state index >= 15 is 0 Å². The highest BCUT2D eigenvalue weighted by Crippen LogP contribution is 2.31. The molecule has 2 heterocycles. The highest BCUT2D eigenvalue weighted by molar-refractivity contribution is 6.02. The van der Waals surface area contributed by atoms with E-state index in [2.05, 4.69) is 17.1 Å². The molecule has 0 spiro atoms. The molecule has 6 nitrogen and oxygen atoms in total. The van der Waals surface area contributed by atoms with Gasteiger partial charge in [-0.2, -0.15) is 0 Å². The van der Waals surface area contributed by atoms with Gasteiger partial charge in [-0.3, -0.25) is 14.5 Å². The Morgan fingerprint density at radius 1 is 1.31 bits per heavy atom. The highest BCUT2D eigenvalue weighted by atomic mass is 16.5. The standard InChI is InChI=1S/C20H29N3O3/c1-2-16-8-5-6-12-22(16)13-7-11-21-19(24)14-23-17-9-3-4-10-18(17)26-15-20(23)25/h3-4,9-10,16H,2,5-8,11-15H2,1H3,(H,21,24)/t16-/m0/s1. The fraction of sp³-hybridized carbons (Fsp3) is 0.600. The number of carbonyl (C=O) groups is 2. The molecule has 2 aliphatic rings. The zero-order chi connectivity index (χ0) is 18.4. The summed E-state index contributed by atoms with van der Waals surface area (Å²) in [5.41, 5.74) is 0.665. The molecule has 6 heteroatoms. The molecule has 0 bridgehead atoms. The van der Waals surface area contributed by atoms with Gasteiger partial charge in [0.1, 0.15) is 12.3 Å². The number of para-hydroxylation sites is 2. The van der Waals surface area contributed by atoms with Gasteiger partial charge in [0.05, 0.1) is 5.69 Å². The molecule has 1 fully saturated rings. The van der Waals surface area contributed by atoms with Gasteiger partial charge in [-0.25, -0.2) is 0 Å². The van der Waals surface area contributed by atoms with E-state index in [1.807, 2.05) is 18.2 Å². The van der Waals surface area contributed by atoms with E-state index in [9.17, 15) is 9.59 Å². The van der Waals surface area contributed by atoms with Crippen molar-refractivity contribution in [3.8, 4) is 5.75 Å². The Hall–Kier alpha value is -2.08. The molecule has 3 rings (SSSR count). The number of nitrogens with zero attached hydrogens (tertiary/aromatic N) is 2. The number of piperidine rings is 1. The van der Waals surface area contributed by atoms with Gasteiger partial charge in [-0.05, 0) is 44.4 Å². The number of rotatable bonds is 7. The number of nitrogens with one attached hydrogen (secondary N) is 1. The summed E-state index contributed by atoms with van der Waals surface area (Å²) in [6.07, 6.45) is 6.05. The first-order valence-electron chi connectivity index (χ1n) is 9.72. The van der Waals surface area contributed by atoms with Crippen molar-refractivity contribution in [1.82, 2.24) is 10.2 Å². The third kappa shape index (κ3) is 4.55. The van der Waals surface area contributed by atoms with Crippen LogP contribution in [0.1, 0.15) is 39.0 Å². The second-order valence-electron chi connectivity index (χ2n) is 7.03. The molecule has 1 aromatic carbocycles. The molecule has 0 saturated carbocycles. The smallest absolute Gasteiger partial charge is 0.265 e. The van der Waals surface area contributed by atoms with E-state index in [4.69, 9.17) is 4.74 Å². The van der Waals surface area contributed by atoms with Crippen LogP contribution in [0.15, 0.2) is 24.3 Å². The van der Waals surface area contributed by atoms with Crippen LogP contribution in [0.25, 0.3) is 0 Å².